The van der Waals surface area contributed by atoms with Gasteiger partial charge in [-0.1, -0.05) is 0 Å². The third-order valence-corrected chi connectivity index (χ3v) is 66.4. The van der Waals surface area contributed by atoms with Crippen molar-refractivity contribution in [1.29, 1.82) is 0 Å². The van der Waals surface area contributed by atoms with E-state index in [1.54, 1.807) is 5.56 Å². The molecule has 24 heavy (non-hydrogen) atoms. The first kappa shape index (κ1) is 9.91. The Kier molecular flexibility index (Phi) is 0.428. The van der Waals surface area contributed by atoms with Gasteiger partial charge in [-0.25, -0.2) is 0 Å². The molecule has 10 heterocycles. The number of hydrogen-bond acceptors (Lipinski definition) is 0. The SMILES string of the molecule is P[C]12[CH]3[CH]4[C]5(c6ccccc6)[C]1(c1ccccc1)[Fe]34251678[CH]2[CH]1[CH]6[CH]7[CH]28. The fourth-order valence-corrected chi connectivity index (χ4v) is 107. The quantitative estimate of drug-likeness (QED) is 0.492. The van der Waals surface area contributed by atoms with Crippen LogP contribution < -0.4 is 0 Å². The molecule has 120 valence electrons. The third-order valence-electron chi connectivity index (χ3n) is 17.5. The number of benzene rings is 2. The van der Waals surface area contributed by atoms with Crippen molar-refractivity contribution in [2.75, 3.05) is 0 Å². The first-order chi connectivity index (χ1) is 11.5. The summed E-state index contributed by atoms with van der Waals surface area (Å²) in [4.78, 5) is 9.06. The van der Waals surface area contributed by atoms with Crippen LogP contribution in [0, 0.1) is 0 Å². The summed E-state index contributed by atoms with van der Waals surface area (Å²) in [6.07, 6.45) is 0. The van der Waals surface area contributed by atoms with E-state index in [9.17, 15) is 0 Å². The van der Waals surface area contributed by atoms with E-state index in [-0.39, 0.29) is 0 Å². The van der Waals surface area contributed by atoms with Gasteiger partial charge in [0.05, 0.1) is 0 Å². The number of rotatable bonds is 2. The molecule has 0 aliphatic carbocycles. The van der Waals surface area contributed by atoms with Gasteiger partial charge in [-0.15, -0.1) is 0 Å². The van der Waals surface area contributed by atoms with Crippen LogP contribution in [0.4, 0.5) is 0 Å². The van der Waals surface area contributed by atoms with Crippen LogP contribution in [0.5, 0.6) is 0 Å². The molecule has 10 saturated heterocycles. The van der Waals surface area contributed by atoms with E-state index in [1.807, 2.05) is 5.56 Å². The van der Waals surface area contributed by atoms with E-state index >= 15 is 0 Å². The Morgan fingerprint density at radius 3 is 1.62 bits per heavy atom. The van der Waals surface area contributed by atoms with Gasteiger partial charge in [-0.05, 0) is 0 Å². The van der Waals surface area contributed by atoms with Gasteiger partial charge in [0.2, 0.25) is 0 Å². The molecule has 2 aromatic carbocycles. The first-order valence-corrected chi connectivity index (χ1v) is 16.3. The standard InChI is InChI=1S/C17H14P.C5H5.Fe/c18-16-12-11-15(13-7-3-1-4-8-13)17(16)14-9-5-2-6-10-14;1-2-4-5-3-1;/h1-12H,18H2;1-5H;. The summed E-state index contributed by atoms with van der Waals surface area (Å²) in [5.41, 5.74) is 3.62. The average Bonchev–Trinajstić information content (AvgIpc) is 3.58. The summed E-state index contributed by atoms with van der Waals surface area (Å²) in [7, 11) is 3.66. The second-order valence-electron chi connectivity index (χ2n) is 12.6. The van der Waals surface area contributed by atoms with Crippen LogP contribution in [0.1, 0.15) is 11.1 Å². The van der Waals surface area contributed by atoms with Gasteiger partial charge >= 0.3 is 134 Å². The summed E-state index contributed by atoms with van der Waals surface area (Å²) < 4.78 is 2.19. The second kappa shape index (κ2) is 1.04. The van der Waals surface area contributed by atoms with E-state index in [2.05, 4.69) is 69.9 Å². The zero-order chi connectivity index (χ0) is 15.1. The minimum atomic E-state index is -3.54. The normalized spacial score (nSPS) is 93.8. The van der Waals surface area contributed by atoms with E-state index in [0.717, 1.165) is 8.37 Å². The van der Waals surface area contributed by atoms with E-state index in [1.165, 1.54) is 33.7 Å². The Bertz CT molecular complexity index is 1500. The molecule has 12 rings (SSSR count). The Morgan fingerprint density at radius 1 is 0.667 bits per heavy atom. The van der Waals surface area contributed by atoms with Gasteiger partial charge in [0.1, 0.15) is 0 Å². The molecule has 10 aliphatic heterocycles. The Hall–Kier alpha value is -0.611. The zero-order valence-electron chi connectivity index (χ0n) is 13.2. The van der Waals surface area contributed by atoms with Gasteiger partial charge in [0, 0.05) is 0 Å². The maximum atomic E-state index is 3.66. The molecule has 6 atom stereocenters. The zero-order valence-corrected chi connectivity index (χ0v) is 15.5. The molecule has 6 unspecified atom stereocenters. The molecule has 0 radical (unpaired) electrons. The van der Waals surface area contributed by atoms with Gasteiger partial charge in [-0.2, -0.15) is 0 Å². The van der Waals surface area contributed by atoms with Crippen LogP contribution >= 0.6 is 9.24 Å². The monoisotopic (exact) mass is 370 g/mol. The average molecular weight is 370 g/mol. The fourth-order valence-electron chi connectivity index (χ4n) is 20.1. The fraction of sp³-hybridized carbons (Fsp3) is 0.455. The molecule has 0 saturated carbocycles. The Morgan fingerprint density at radius 2 is 1.17 bits per heavy atom. The van der Waals surface area contributed by atoms with Crippen LogP contribution in [0.15, 0.2) is 60.7 Å². The molecular weight excluding hydrogens is 351 g/mol. The summed E-state index contributed by atoms with van der Waals surface area (Å²) in [5.74, 6) is 0. The maximum absolute atomic E-state index is 3.66. The molecule has 10 aliphatic rings. The van der Waals surface area contributed by atoms with Crippen LogP contribution in [0.3, 0.4) is 0 Å². The number of fused-ring (bicyclic) bond motifs is 10. The van der Waals surface area contributed by atoms with Crippen molar-refractivity contribution in [3.8, 4) is 0 Å². The molecule has 2 aromatic rings. The van der Waals surface area contributed by atoms with Crippen molar-refractivity contribution in [3.05, 3.63) is 71.8 Å². The molecule has 0 aromatic heterocycles. The topological polar surface area (TPSA) is 0 Å². The van der Waals surface area contributed by atoms with E-state index < -0.39 is 6.51 Å². The van der Waals surface area contributed by atoms with E-state index in [0.29, 0.717) is 4.31 Å². The van der Waals surface area contributed by atoms with Gasteiger partial charge in [0.15, 0.2) is 0 Å². The van der Waals surface area contributed by atoms with Gasteiger partial charge < -0.3 is 0 Å². The minimum absolute atomic E-state index is 0.687. The van der Waals surface area contributed by atoms with Crippen LogP contribution in [0.2, 0.25) is 33.7 Å². The van der Waals surface area contributed by atoms with Gasteiger partial charge in [-0.3, -0.25) is 0 Å². The van der Waals surface area contributed by atoms with E-state index in [4.69, 9.17) is 0 Å². The Balaban J connectivity index is 1.48. The summed E-state index contributed by atoms with van der Waals surface area (Å²) in [6, 6.07) is 24.1. The predicted molar refractivity (Wildman–Crippen MR) is 94.9 cm³/mol. The molecule has 10 fully saturated rings. The molecule has 2 heteroatoms. The van der Waals surface area contributed by atoms with Crippen molar-refractivity contribution >= 4 is 9.24 Å². The van der Waals surface area contributed by atoms with Crippen molar-refractivity contribution in [1.82, 2.24) is 0 Å². The molecule has 0 amide bonds. The van der Waals surface area contributed by atoms with Crippen molar-refractivity contribution in [2.45, 2.75) is 46.4 Å². The second-order valence-corrected chi connectivity index (χ2v) is 37.0. The molecular formula is C22H19FeP. The summed E-state index contributed by atoms with van der Waals surface area (Å²) in [5, 5.41) is 0. The summed E-state index contributed by atoms with van der Waals surface area (Å²) in [6.45, 7) is -3.54. The van der Waals surface area contributed by atoms with Crippen molar-refractivity contribution in [3.63, 3.8) is 0 Å². The van der Waals surface area contributed by atoms with Crippen molar-refractivity contribution < 1.29 is 6.51 Å². The first-order valence-electron chi connectivity index (χ1n) is 9.65. The molecule has 0 bridgehead atoms. The summed E-state index contributed by atoms with van der Waals surface area (Å²) >= 11 is 0. The number of hydrogen-bond donors (Lipinski definition) is 0. The third kappa shape index (κ3) is 0.123. The molecule has 1 spiro atoms. The molecule has 0 N–H and O–H groups in total. The van der Waals surface area contributed by atoms with Gasteiger partial charge in [0.25, 0.3) is 0 Å². The molecule has 0 nitrogen and oxygen atoms in total. The predicted octanol–water partition coefficient (Wildman–Crippen LogP) is 5.37. The van der Waals surface area contributed by atoms with Crippen molar-refractivity contribution in [2.24, 2.45) is 0 Å². The van der Waals surface area contributed by atoms with Crippen LogP contribution in [-0.4, -0.2) is 4.05 Å². The van der Waals surface area contributed by atoms with Crippen LogP contribution in [-0.2, 0) is 15.1 Å². The Labute approximate surface area is 133 Å². The van der Waals surface area contributed by atoms with Crippen LogP contribution in [0.25, 0.3) is 0 Å².